The molecule has 0 aromatic rings. The number of carboxylic acids is 1. The lowest BCUT2D eigenvalue weighted by Gasteiger charge is -2.20. The van der Waals surface area contributed by atoms with E-state index in [2.05, 4.69) is 128 Å². The second kappa shape index (κ2) is 39.9. The summed E-state index contributed by atoms with van der Waals surface area (Å²) in [5, 5.41) is 8.88. The zero-order valence-electron chi connectivity index (χ0n) is 35.1. The molecule has 4 N–H and O–H groups in total. The number of esters is 2. The van der Waals surface area contributed by atoms with E-state index in [4.69, 9.17) is 24.8 Å². The maximum atomic E-state index is 12.6. The number of ether oxygens (including phenoxy) is 2. The van der Waals surface area contributed by atoms with Gasteiger partial charge in [0.15, 0.2) is 6.10 Å². The molecule has 0 aliphatic heterocycles. The zero-order valence-corrected chi connectivity index (χ0v) is 36.0. The molecule has 0 fully saturated rings. The lowest BCUT2D eigenvalue weighted by atomic mass is 10.1. The highest BCUT2D eigenvalue weighted by molar-refractivity contribution is 7.47. The molecule has 0 aliphatic carbocycles. The predicted octanol–water partition coefficient (Wildman–Crippen LogP) is 11.1. The Morgan fingerprint density at radius 3 is 1.36 bits per heavy atom. The number of carboxylic acid groups (broad SMARTS) is 1. The molecule has 12 heteroatoms. The first-order valence-corrected chi connectivity index (χ1v) is 22.4. The number of rotatable bonds is 37. The van der Waals surface area contributed by atoms with Gasteiger partial charge in [0, 0.05) is 12.8 Å². The minimum absolute atomic E-state index is 0.105. The van der Waals surface area contributed by atoms with E-state index in [0.717, 1.165) is 89.9 Å². The van der Waals surface area contributed by atoms with Crippen LogP contribution in [0.5, 0.6) is 0 Å². The van der Waals surface area contributed by atoms with Crippen LogP contribution in [-0.2, 0) is 37.5 Å². The van der Waals surface area contributed by atoms with Gasteiger partial charge in [0.1, 0.15) is 12.6 Å². The Bertz CT molecular complexity index is 1390. The van der Waals surface area contributed by atoms with Crippen LogP contribution in [-0.4, -0.2) is 59.9 Å². The largest absolute Gasteiger partial charge is 0.480 e. The van der Waals surface area contributed by atoms with Gasteiger partial charge in [0.25, 0.3) is 0 Å². The number of carbonyl (C=O) groups excluding carboxylic acids is 2. The average molecular weight is 830 g/mol. The Morgan fingerprint density at radius 2 is 0.914 bits per heavy atom. The van der Waals surface area contributed by atoms with Gasteiger partial charge in [-0.1, -0.05) is 130 Å². The molecule has 0 spiro atoms. The van der Waals surface area contributed by atoms with Crippen LogP contribution >= 0.6 is 7.82 Å². The summed E-state index contributed by atoms with van der Waals surface area (Å²) >= 11 is 0. The quantitative estimate of drug-likeness (QED) is 0.0235. The lowest BCUT2D eigenvalue weighted by molar-refractivity contribution is -0.161. The van der Waals surface area contributed by atoms with Crippen LogP contribution in [0.15, 0.2) is 109 Å². The van der Waals surface area contributed by atoms with Gasteiger partial charge in [-0.05, 0) is 96.3 Å². The SMILES string of the molecule is CC/C=C\C/C=C\C/C=C\C/C=C\C/C=C\CCCCCC(=O)OC(COC(=O)CCCC/C=C\C/C=C\C/C=C\C/C=C\CC)COP(=O)(O)OCC(N)C(=O)O. The Morgan fingerprint density at radius 1 is 0.534 bits per heavy atom. The maximum absolute atomic E-state index is 12.6. The van der Waals surface area contributed by atoms with Crippen molar-refractivity contribution in [1.82, 2.24) is 0 Å². The second-order valence-electron chi connectivity index (χ2n) is 13.4. The topological polar surface area (TPSA) is 172 Å². The molecule has 0 amide bonds. The van der Waals surface area contributed by atoms with Crippen molar-refractivity contribution in [3.8, 4) is 0 Å². The highest BCUT2D eigenvalue weighted by Crippen LogP contribution is 2.43. The van der Waals surface area contributed by atoms with Crippen molar-refractivity contribution in [1.29, 1.82) is 0 Å². The number of carbonyl (C=O) groups is 3. The van der Waals surface area contributed by atoms with E-state index in [-0.39, 0.29) is 19.4 Å². The van der Waals surface area contributed by atoms with E-state index in [1.807, 2.05) is 0 Å². The third-order valence-corrected chi connectivity index (χ3v) is 8.97. The van der Waals surface area contributed by atoms with Crippen molar-refractivity contribution in [2.75, 3.05) is 19.8 Å². The third kappa shape index (κ3) is 39.0. The fraction of sp³-hybridized carbons (Fsp3) is 0.543. The van der Waals surface area contributed by atoms with Crippen molar-refractivity contribution in [2.45, 2.75) is 142 Å². The predicted molar refractivity (Wildman–Crippen MR) is 235 cm³/mol. The highest BCUT2D eigenvalue weighted by Gasteiger charge is 2.28. The van der Waals surface area contributed by atoms with Crippen molar-refractivity contribution in [2.24, 2.45) is 5.73 Å². The number of hydrogen-bond donors (Lipinski definition) is 3. The Hall–Kier alpha value is -3.86. The van der Waals surface area contributed by atoms with Gasteiger partial charge in [-0.15, -0.1) is 0 Å². The lowest BCUT2D eigenvalue weighted by Crippen LogP contribution is -2.34. The summed E-state index contributed by atoms with van der Waals surface area (Å²) in [6.45, 7) is 2.46. The minimum Gasteiger partial charge on any atom is -0.480 e. The molecule has 326 valence electrons. The number of allylic oxidation sites excluding steroid dienone is 18. The van der Waals surface area contributed by atoms with Gasteiger partial charge >= 0.3 is 25.7 Å². The first-order valence-electron chi connectivity index (χ1n) is 20.9. The fourth-order valence-electron chi connectivity index (χ4n) is 4.79. The summed E-state index contributed by atoms with van der Waals surface area (Å²) in [6.07, 6.45) is 51.6. The summed E-state index contributed by atoms with van der Waals surface area (Å²) in [5.74, 6) is -2.49. The molecule has 0 heterocycles. The van der Waals surface area contributed by atoms with Gasteiger partial charge in [0.05, 0.1) is 13.2 Å². The van der Waals surface area contributed by atoms with Crippen molar-refractivity contribution in [3.05, 3.63) is 109 Å². The highest BCUT2D eigenvalue weighted by atomic mass is 31.2. The zero-order chi connectivity index (χ0) is 42.8. The summed E-state index contributed by atoms with van der Waals surface area (Å²) in [4.78, 5) is 45.9. The smallest absolute Gasteiger partial charge is 0.472 e. The molecule has 3 unspecified atom stereocenters. The number of phosphoric ester groups is 1. The van der Waals surface area contributed by atoms with E-state index in [1.54, 1.807) is 0 Å². The molecular formula is C46H72NO10P. The fourth-order valence-corrected chi connectivity index (χ4v) is 5.56. The van der Waals surface area contributed by atoms with Gasteiger partial charge in [-0.3, -0.25) is 23.4 Å². The summed E-state index contributed by atoms with van der Waals surface area (Å²) in [6, 6.07) is -1.54. The van der Waals surface area contributed by atoms with Gasteiger partial charge in [0.2, 0.25) is 0 Å². The molecule has 0 bridgehead atoms. The van der Waals surface area contributed by atoms with Crippen LogP contribution in [0.3, 0.4) is 0 Å². The van der Waals surface area contributed by atoms with Crippen molar-refractivity contribution in [3.63, 3.8) is 0 Å². The van der Waals surface area contributed by atoms with Crippen LogP contribution in [0, 0.1) is 0 Å². The third-order valence-electron chi connectivity index (χ3n) is 8.02. The van der Waals surface area contributed by atoms with Crippen LogP contribution < -0.4 is 5.73 Å². The van der Waals surface area contributed by atoms with E-state index in [1.165, 1.54) is 0 Å². The standard InChI is InChI=1S/C46H72NO10P/c1-3-5-7-9-11-13-15-17-19-20-21-22-24-26-28-30-32-34-36-38-45(49)57-42(40-55-58(52,53)56-41-43(47)46(50)51)39-54-44(48)37-35-33-31-29-27-25-23-18-16-14-12-10-8-6-4-2/h5-8,11-14,17-19,21-23,26-29,42-43H,3-4,9-10,15-16,20,24-25,30-41,47H2,1-2H3,(H,50,51)(H,52,53)/b7-5-,8-6-,13-11-,14-12-,19-17-,22-21-,23-18-,28-26-,29-27-. The van der Waals surface area contributed by atoms with Gasteiger partial charge in [-0.25, -0.2) is 4.57 Å². The molecule has 0 aliphatic rings. The molecule has 0 radical (unpaired) electrons. The Balaban J connectivity index is 4.55. The molecule has 11 nitrogen and oxygen atoms in total. The number of unbranched alkanes of at least 4 members (excludes halogenated alkanes) is 5. The van der Waals surface area contributed by atoms with Gasteiger partial charge < -0.3 is 25.2 Å². The molecular weight excluding hydrogens is 757 g/mol. The molecule has 0 saturated carbocycles. The molecule has 0 aromatic heterocycles. The maximum Gasteiger partial charge on any atom is 0.472 e. The first-order chi connectivity index (χ1) is 28.1. The number of nitrogens with two attached hydrogens (primary N) is 1. The van der Waals surface area contributed by atoms with Gasteiger partial charge in [-0.2, -0.15) is 0 Å². The Labute approximate surface area is 348 Å². The monoisotopic (exact) mass is 829 g/mol. The molecule has 0 rings (SSSR count). The van der Waals surface area contributed by atoms with E-state index < -0.39 is 51.1 Å². The van der Waals surface area contributed by atoms with E-state index in [9.17, 15) is 23.8 Å². The summed E-state index contributed by atoms with van der Waals surface area (Å²) in [7, 11) is -4.74. The first kappa shape index (κ1) is 54.1. The summed E-state index contributed by atoms with van der Waals surface area (Å²) in [5.41, 5.74) is 5.32. The van der Waals surface area contributed by atoms with Crippen LogP contribution in [0.25, 0.3) is 0 Å². The normalized spacial score (nSPS) is 14.8. The van der Waals surface area contributed by atoms with Crippen LogP contribution in [0.2, 0.25) is 0 Å². The molecule has 3 atom stereocenters. The Kier molecular flexibility index (Phi) is 37.3. The number of phosphoric acid groups is 1. The number of aliphatic carboxylic acids is 1. The van der Waals surface area contributed by atoms with E-state index >= 15 is 0 Å². The van der Waals surface area contributed by atoms with E-state index in [0.29, 0.717) is 12.8 Å². The molecule has 58 heavy (non-hydrogen) atoms. The van der Waals surface area contributed by atoms with Crippen LogP contribution in [0.1, 0.15) is 129 Å². The average Bonchev–Trinajstić information content (AvgIpc) is 3.20. The second-order valence-corrected chi connectivity index (χ2v) is 14.8. The van der Waals surface area contributed by atoms with Crippen molar-refractivity contribution >= 4 is 25.7 Å². The number of hydrogen-bond acceptors (Lipinski definition) is 9. The van der Waals surface area contributed by atoms with Crippen LogP contribution in [0.4, 0.5) is 0 Å². The van der Waals surface area contributed by atoms with Crippen molar-refractivity contribution < 1.29 is 47.5 Å². The molecule has 0 saturated heterocycles. The molecule has 0 aromatic carbocycles. The summed E-state index contributed by atoms with van der Waals surface area (Å²) < 4.78 is 32.6. The minimum atomic E-state index is -4.74.